The number of hydrogen-bond donors (Lipinski definition) is 0. The van der Waals surface area contributed by atoms with Crippen molar-refractivity contribution in [1.29, 1.82) is 0 Å². The van der Waals surface area contributed by atoms with Crippen LogP contribution in [0.5, 0.6) is 5.75 Å². The molecule has 2 heteroatoms. The number of fused-ring (bicyclic) bond motifs is 2. The predicted octanol–water partition coefficient (Wildman–Crippen LogP) is 5.38. The van der Waals surface area contributed by atoms with Crippen LogP contribution in [-0.4, -0.2) is 13.4 Å². The summed E-state index contributed by atoms with van der Waals surface area (Å²) in [5.74, 6) is 4.49. The van der Waals surface area contributed by atoms with Gasteiger partial charge in [-0.1, -0.05) is 32.4 Å². The van der Waals surface area contributed by atoms with Crippen LogP contribution in [-0.2, 0) is 4.74 Å². The van der Waals surface area contributed by atoms with E-state index in [2.05, 4.69) is 38.1 Å². The first-order valence-electron chi connectivity index (χ1n) is 9.06. The van der Waals surface area contributed by atoms with E-state index in [0.717, 1.165) is 30.1 Å². The first kappa shape index (κ1) is 15.9. The highest BCUT2D eigenvalue weighted by Crippen LogP contribution is 2.49. The molecular formula is C20H30O2. The van der Waals surface area contributed by atoms with Crippen molar-refractivity contribution in [3.8, 4) is 5.75 Å². The second-order valence-electron chi connectivity index (χ2n) is 7.27. The van der Waals surface area contributed by atoms with Crippen molar-refractivity contribution >= 4 is 0 Å². The fraction of sp³-hybridized carbons (Fsp3) is 0.700. The third-order valence-corrected chi connectivity index (χ3v) is 5.89. The van der Waals surface area contributed by atoms with Gasteiger partial charge in [0.05, 0.1) is 6.61 Å². The van der Waals surface area contributed by atoms with Gasteiger partial charge >= 0.3 is 0 Å². The van der Waals surface area contributed by atoms with Gasteiger partial charge in [-0.3, -0.25) is 0 Å². The Balaban J connectivity index is 1.31. The molecule has 4 atom stereocenters. The second-order valence-corrected chi connectivity index (χ2v) is 7.27. The first-order valence-corrected chi connectivity index (χ1v) is 9.06. The van der Waals surface area contributed by atoms with Crippen LogP contribution < -0.4 is 4.74 Å². The maximum Gasteiger partial charge on any atom is 0.189 e. The van der Waals surface area contributed by atoms with E-state index in [1.54, 1.807) is 0 Å². The van der Waals surface area contributed by atoms with Gasteiger partial charge in [0.1, 0.15) is 5.75 Å². The zero-order valence-electron chi connectivity index (χ0n) is 14.1. The maximum atomic E-state index is 5.68. The molecule has 1 aromatic carbocycles. The fourth-order valence-electron chi connectivity index (χ4n) is 4.26. The molecule has 0 saturated heterocycles. The highest BCUT2D eigenvalue weighted by molar-refractivity contribution is 5.29. The Morgan fingerprint density at radius 3 is 2.59 bits per heavy atom. The molecule has 2 fully saturated rings. The van der Waals surface area contributed by atoms with Crippen molar-refractivity contribution in [2.45, 2.75) is 58.3 Å². The van der Waals surface area contributed by atoms with Crippen molar-refractivity contribution in [2.75, 3.05) is 13.4 Å². The zero-order chi connectivity index (χ0) is 15.4. The summed E-state index contributed by atoms with van der Waals surface area (Å²) < 4.78 is 11.4. The second kappa shape index (κ2) is 7.50. The Morgan fingerprint density at radius 2 is 1.95 bits per heavy atom. The molecule has 1 aromatic rings. The smallest absolute Gasteiger partial charge is 0.189 e. The van der Waals surface area contributed by atoms with Crippen LogP contribution in [0.4, 0.5) is 0 Å². The van der Waals surface area contributed by atoms with E-state index in [1.165, 1.54) is 44.1 Å². The minimum absolute atomic E-state index is 0.378. The third-order valence-electron chi connectivity index (χ3n) is 5.89. The molecule has 2 aliphatic rings. The van der Waals surface area contributed by atoms with Gasteiger partial charge in [0, 0.05) is 0 Å². The van der Waals surface area contributed by atoms with E-state index in [9.17, 15) is 0 Å². The lowest BCUT2D eigenvalue weighted by atomic mass is 9.87. The van der Waals surface area contributed by atoms with Crippen molar-refractivity contribution < 1.29 is 9.47 Å². The molecule has 3 rings (SSSR count). The summed E-state index contributed by atoms with van der Waals surface area (Å²) in [7, 11) is 0. The molecule has 0 aliphatic heterocycles. The van der Waals surface area contributed by atoms with Crippen molar-refractivity contribution in [1.82, 2.24) is 0 Å². The quantitative estimate of drug-likeness (QED) is 0.474. The summed E-state index contributed by atoms with van der Waals surface area (Å²) >= 11 is 0. The van der Waals surface area contributed by atoms with Crippen molar-refractivity contribution in [2.24, 2.45) is 17.8 Å². The summed E-state index contributed by atoms with van der Waals surface area (Å²) in [5.41, 5.74) is 1.38. The molecule has 2 bridgehead atoms. The molecule has 22 heavy (non-hydrogen) atoms. The van der Waals surface area contributed by atoms with Crippen LogP contribution in [0.2, 0.25) is 0 Å². The fourth-order valence-corrected chi connectivity index (χ4v) is 4.26. The molecule has 2 nitrogen and oxygen atoms in total. The third kappa shape index (κ3) is 3.84. The van der Waals surface area contributed by atoms with Crippen LogP contribution in [0.1, 0.15) is 63.9 Å². The summed E-state index contributed by atoms with van der Waals surface area (Å²) in [5, 5.41) is 0. The largest absolute Gasteiger partial charge is 0.468 e. The number of ether oxygens (including phenoxy) is 2. The average molecular weight is 302 g/mol. The first-order chi connectivity index (χ1) is 10.8. The molecule has 0 N–H and O–H groups in total. The van der Waals surface area contributed by atoms with E-state index >= 15 is 0 Å². The monoisotopic (exact) mass is 302 g/mol. The molecule has 2 saturated carbocycles. The lowest BCUT2D eigenvalue weighted by molar-refractivity contribution is 0.00663. The van der Waals surface area contributed by atoms with Gasteiger partial charge in [-0.2, -0.15) is 0 Å². The van der Waals surface area contributed by atoms with E-state index in [1.807, 2.05) is 0 Å². The predicted molar refractivity (Wildman–Crippen MR) is 90.2 cm³/mol. The van der Waals surface area contributed by atoms with Gasteiger partial charge < -0.3 is 9.47 Å². The number of benzene rings is 1. The Hall–Kier alpha value is -1.02. The van der Waals surface area contributed by atoms with E-state index in [-0.39, 0.29) is 0 Å². The lowest BCUT2D eigenvalue weighted by Gasteiger charge is -2.21. The van der Waals surface area contributed by atoms with Crippen molar-refractivity contribution in [3.05, 3.63) is 29.8 Å². The Kier molecular flexibility index (Phi) is 5.41. The summed E-state index contributed by atoms with van der Waals surface area (Å²) in [6.45, 7) is 5.70. The van der Waals surface area contributed by atoms with E-state index in [4.69, 9.17) is 9.47 Å². The number of hydrogen-bond acceptors (Lipinski definition) is 2. The van der Waals surface area contributed by atoms with Crippen LogP contribution in [0, 0.1) is 17.8 Å². The molecule has 4 unspecified atom stereocenters. The Morgan fingerprint density at radius 1 is 1.14 bits per heavy atom. The molecule has 0 radical (unpaired) electrons. The van der Waals surface area contributed by atoms with Gasteiger partial charge in [0.25, 0.3) is 0 Å². The molecule has 2 aliphatic carbocycles. The highest BCUT2D eigenvalue weighted by Gasteiger charge is 2.38. The highest BCUT2D eigenvalue weighted by atomic mass is 16.7. The maximum absolute atomic E-state index is 5.68. The van der Waals surface area contributed by atoms with Gasteiger partial charge in [0.15, 0.2) is 6.79 Å². The number of rotatable bonds is 8. The van der Waals surface area contributed by atoms with Crippen LogP contribution in [0.15, 0.2) is 24.3 Å². The summed E-state index contributed by atoms with van der Waals surface area (Å²) in [6, 6.07) is 8.44. The topological polar surface area (TPSA) is 18.5 Å². The van der Waals surface area contributed by atoms with Crippen LogP contribution in [0.25, 0.3) is 0 Å². The molecule has 0 spiro atoms. The standard InChI is InChI=1S/C20H30O2/c1-3-15(2)17-6-8-20(9-7-17)22-14-21-11-10-19-13-16-4-5-18(19)12-16/h6-9,15-16,18-19H,3-5,10-14H2,1-2H3. The van der Waals surface area contributed by atoms with Crippen LogP contribution in [0.3, 0.4) is 0 Å². The Labute approximate surface area is 135 Å². The van der Waals surface area contributed by atoms with Gasteiger partial charge in [-0.05, 0) is 73.5 Å². The summed E-state index contributed by atoms with van der Waals surface area (Å²) in [4.78, 5) is 0. The average Bonchev–Trinajstić information content (AvgIpc) is 3.17. The summed E-state index contributed by atoms with van der Waals surface area (Å²) in [6.07, 6.45) is 8.28. The molecule has 0 heterocycles. The van der Waals surface area contributed by atoms with Gasteiger partial charge in [-0.15, -0.1) is 0 Å². The zero-order valence-corrected chi connectivity index (χ0v) is 14.1. The minimum Gasteiger partial charge on any atom is -0.468 e. The minimum atomic E-state index is 0.378. The van der Waals surface area contributed by atoms with E-state index < -0.39 is 0 Å². The lowest BCUT2D eigenvalue weighted by Crippen LogP contribution is -2.14. The molecule has 122 valence electrons. The SMILES string of the molecule is CCC(C)c1ccc(OCOCCC2CC3CCC2C3)cc1. The molecule has 0 amide bonds. The van der Waals surface area contributed by atoms with Crippen molar-refractivity contribution in [3.63, 3.8) is 0 Å². The van der Waals surface area contributed by atoms with Gasteiger partial charge in [-0.25, -0.2) is 0 Å². The molecule has 0 aromatic heterocycles. The Bertz CT molecular complexity index is 453. The normalized spacial score (nSPS) is 28.0. The molecular weight excluding hydrogens is 272 g/mol. The van der Waals surface area contributed by atoms with E-state index in [0.29, 0.717) is 12.7 Å². The van der Waals surface area contributed by atoms with Gasteiger partial charge in [0.2, 0.25) is 0 Å². The van der Waals surface area contributed by atoms with Crippen LogP contribution >= 0.6 is 0 Å².